The van der Waals surface area contributed by atoms with Gasteiger partial charge in [-0.1, -0.05) is 13.0 Å². The lowest BCUT2D eigenvalue weighted by Gasteiger charge is -2.30. The highest BCUT2D eigenvalue weighted by atomic mass is 16.2. The lowest BCUT2D eigenvalue weighted by Crippen LogP contribution is -2.38. The number of nitrogens with zero attached hydrogens (tertiary/aromatic N) is 3. The van der Waals surface area contributed by atoms with Crippen molar-refractivity contribution in [3.8, 4) is 0 Å². The van der Waals surface area contributed by atoms with E-state index in [2.05, 4.69) is 11.9 Å². The van der Waals surface area contributed by atoms with E-state index >= 15 is 0 Å². The number of piperidine rings is 1. The van der Waals surface area contributed by atoms with Crippen molar-refractivity contribution >= 4 is 17.6 Å². The molecule has 2 aromatic rings. The molecule has 0 saturated carbocycles. The number of carbonyl (C=O) groups excluding carboxylic acids is 1. The molecular formula is C16H19N3O. The first-order valence-electron chi connectivity index (χ1n) is 7.13. The van der Waals surface area contributed by atoms with Crippen molar-refractivity contribution in [3.05, 3.63) is 42.4 Å². The number of carbonyl (C=O) groups is 1. The molecule has 1 atom stereocenters. The van der Waals surface area contributed by atoms with Gasteiger partial charge in [-0.2, -0.15) is 0 Å². The zero-order chi connectivity index (χ0) is 13.9. The predicted molar refractivity (Wildman–Crippen MR) is 79.2 cm³/mol. The van der Waals surface area contributed by atoms with Crippen LogP contribution >= 0.6 is 0 Å². The molecule has 1 saturated heterocycles. The summed E-state index contributed by atoms with van der Waals surface area (Å²) in [5.41, 5.74) is 1.82. The molecule has 4 nitrogen and oxygen atoms in total. The summed E-state index contributed by atoms with van der Waals surface area (Å²) in [5.74, 6) is 0.708. The number of pyridine rings is 1. The first-order valence-corrected chi connectivity index (χ1v) is 7.13. The van der Waals surface area contributed by atoms with Gasteiger partial charge < -0.3 is 9.30 Å². The molecule has 1 aliphatic rings. The largest absolute Gasteiger partial charge is 0.339 e. The number of imidazole rings is 1. The lowest BCUT2D eigenvalue weighted by molar-refractivity contribution is -0.127. The highest BCUT2D eigenvalue weighted by Gasteiger charge is 2.18. The van der Waals surface area contributed by atoms with Gasteiger partial charge in [-0.25, -0.2) is 4.98 Å². The van der Waals surface area contributed by atoms with E-state index in [-0.39, 0.29) is 5.91 Å². The summed E-state index contributed by atoms with van der Waals surface area (Å²) in [5, 5.41) is 0. The van der Waals surface area contributed by atoms with Crippen molar-refractivity contribution in [2.24, 2.45) is 5.92 Å². The van der Waals surface area contributed by atoms with Gasteiger partial charge in [0.1, 0.15) is 5.65 Å². The second-order valence-electron chi connectivity index (χ2n) is 5.48. The molecule has 4 heteroatoms. The fourth-order valence-corrected chi connectivity index (χ4v) is 2.73. The molecule has 1 fully saturated rings. The smallest absolute Gasteiger partial charge is 0.246 e. The Kier molecular flexibility index (Phi) is 3.54. The third-order valence-electron chi connectivity index (χ3n) is 3.81. The van der Waals surface area contributed by atoms with Crippen LogP contribution in [0, 0.1) is 5.92 Å². The van der Waals surface area contributed by atoms with Gasteiger partial charge in [0.05, 0.1) is 11.9 Å². The van der Waals surface area contributed by atoms with E-state index in [1.54, 1.807) is 12.3 Å². The van der Waals surface area contributed by atoms with Crippen molar-refractivity contribution in [1.82, 2.24) is 14.3 Å². The Bertz CT molecular complexity index is 644. The molecule has 104 valence electrons. The van der Waals surface area contributed by atoms with Crippen molar-refractivity contribution in [1.29, 1.82) is 0 Å². The molecule has 0 bridgehead atoms. The van der Waals surface area contributed by atoms with E-state index in [4.69, 9.17) is 0 Å². The van der Waals surface area contributed by atoms with Gasteiger partial charge in [0.2, 0.25) is 5.91 Å². The van der Waals surface area contributed by atoms with Crippen molar-refractivity contribution in [2.75, 3.05) is 13.1 Å². The quantitative estimate of drug-likeness (QED) is 0.786. The molecule has 1 aliphatic heterocycles. The molecule has 1 amide bonds. The van der Waals surface area contributed by atoms with Crippen LogP contribution in [0.3, 0.4) is 0 Å². The Morgan fingerprint density at radius 3 is 3.20 bits per heavy atom. The van der Waals surface area contributed by atoms with Crippen molar-refractivity contribution in [3.63, 3.8) is 0 Å². The average molecular weight is 269 g/mol. The maximum Gasteiger partial charge on any atom is 0.246 e. The maximum absolute atomic E-state index is 12.2. The highest BCUT2D eigenvalue weighted by Crippen LogP contribution is 2.16. The van der Waals surface area contributed by atoms with Crippen molar-refractivity contribution < 1.29 is 4.79 Å². The first-order chi connectivity index (χ1) is 9.74. The van der Waals surface area contributed by atoms with E-state index < -0.39 is 0 Å². The summed E-state index contributed by atoms with van der Waals surface area (Å²) >= 11 is 0. The summed E-state index contributed by atoms with van der Waals surface area (Å²) in [6.45, 7) is 3.95. The molecule has 20 heavy (non-hydrogen) atoms. The van der Waals surface area contributed by atoms with Gasteiger partial charge >= 0.3 is 0 Å². The minimum absolute atomic E-state index is 0.0995. The lowest BCUT2D eigenvalue weighted by atomic mass is 10.0. The van der Waals surface area contributed by atoms with Gasteiger partial charge in [-0.15, -0.1) is 0 Å². The first kappa shape index (κ1) is 12.9. The number of hydrogen-bond donors (Lipinski definition) is 0. The van der Waals surface area contributed by atoms with Gasteiger partial charge in [0.15, 0.2) is 0 Å². The Morgan fingerprint density at radius 2 is 2.35 bits per heavy atom. The van der Waals surface area contributed by atoms with E-state index in [0.29, 0.717) is 5.92 Å². The van der Waals surface area contributed by atoms with Crippen LogP contribution in [-0.2, 0) is 4.79 Å². The zero-order valence-corrected chi connectivity index (χ0v) is 11.7. The minimum Gasteiger partial charge on any atom is -0.339 e. The summed E-state index contributed by atoms with van der Waals surface area (Å²) in [6, 6.07) is 5.86. The van der Waals surface area contributed by atoms with Gasteiger partial charge in [0.25, 0.3) is 0 Å². The normalized spacial score (nSPS) is 19.9. The van der Waals surface area contributed by atoms with Gasteiger partial charge in [0, 0.05) is 25.4 Å². The van der Waals surface area contributed by atoms with E-state index in [1.807, 2.05) is 39.8 Å². The predicted octanol–water partition coefficient (Wildman–Crippen LogP) is 2.61. The standard InChI is InChI=1S/C16H19N3O/c1-13-5-4-9-18(12-13)16(20)8-7-14-11-17-15-6-2-3-10-19(14)15/h2-3,6-8,10-11,13H,4-5,9,12H2,1H3/b8-7+. The zero-order valence-electron chi connectivity index (χ0n) is 11.7. The second-order valence-corrected chi connectivity index (χ2v) is 5.48. The molecule has 0 spiro atoms. The van der Waals surface area contributed by atoms with Crippen LogP contribution < -0.4 is 0 Å². The molecule has 2 aromatic heterocycles. The maximum atomic E-state index is 12.2. The highest BCUT2D eigenvalue weighted by molar-refractivity contribution is 5.91. The van der Waals surface area contributed by atoms with Crippen LogP contribution in [0.5, 0.6) is 0 Å². The monoisotopic (exact) mass is 269 g/mol. The van der Waals surface area contributed by atoms with Crippen LogP contribution in [0.1, 0.15) is 25.5 Å². The SMILES string of the molecule is CC1CCCN(C(=O)/C=C/c2cnc3ccccn23)C1. The van der Waals surface area contributed by atoms with Crippen LogP contribution in [0.2, 0.25) is 0 Å². The Morgan fingerprint density at radius 1 is 1.45 bits per heavy atom. The Hall–Kier alpha value is -2.10. The Labute approximate surface area is 118 Å². The second kappa shape index (κ2) is 5.49. The van der Waals surface area contributed by atoms with Crippen LogP contribution in [-0.4, -0.2) is 33.3 Å². The Balaban J connectivity index is 1.75. The summed E-state index contributed by atoms with van der Waals surface area (Å²) in [6.07, 6.45) is 9.58. The minimum atomic E-state index is 0.0995. The van der Waals surface area contributed by atoms with Crippen LogP contribution in [0.4, 0.5) is 0 Å². The molecule has 0 aromatic carbocycles. The number of amides is 1. The summed E-state index contributed by atoms with van der Waals surface area (Å²) in [4.78, 5) is 18.4. The van der Waals surface area contributed by atoms with Crippen LogP contribution in [0.25, 0.3) is 11.7 Å². The van der Waals surface area contributed by atoms with E-state index in [9.17, 15) is 4.79 Å². The van der Waals surface area contributed by atoms with Crippen molar-refractivity contribution in [2.45, 2.75) is 19.8 Å². The topological polar surface area (TPSA) is 37.6 Å². The fraction of sp³-hybridized carbons (Fsp3) is 0.375. The molecule has 0 N–H and O–H groups in total. The third-order valence-corrected chi connectivity index (χ3v) is 3.81. The molecule has 0 radical (unpaired) electrons. The molecule has 3 heterocycles. The number of fused-ring (bicyclic) bond motifs is 1. The molecular weight excluding hydrogens is 250 g/mol. The van der Waals surface area contributed by atoms with Gasteiger partial charge in [-0.3, -0.25) is 4.79 Å². The van der Waals surface area contributed by atoms with Gasteiger partial charge in [-0.05, 0) is 37.0 Å². The average Bonchev–Trinajstić information content (AvgIpc) is 2.88. The summed E-state index contributed by atoms with van der Waals surface area (Å²) in [7, 11) is 0. The fourth-order valence-electron chi connectivity index (χ4n) is 2.73. The molecule has 0 aliphatic carbocycles. The molecule has 1 unspecified atom stereocenters. The van der Waals surface area contributed by atoms with Crippen LogP contribution in [0.15, 0.2) is 36.7 Å². The number of hydrogen-bond acceptors (Lipinski definition) is 2. The molecule has 3 rings (SSSR count). The number of rotatable bonds is 2. The van der Waals surface area contributed by atoms with E-state index in [1.165, 1.54) is 6.42 Å². The third kappa shape index (κ3) is 2.59. The van der Waals surface area contributed by atoms with E-state index in [0.717, 1.165) is 30.9 Å². The summed E-state index contributed by atoms with van der Waals surface area (Å²) < 4.78 is 1.97. The number of aromatic nitrogens is 2. The number of likely N-dealkylation sites (tertiary alicyclic amines) is 1.